The second kappa shape index (κ2) is 6.83. The molecule has 2 rings (SSSR count). The summed E-state index contributed by atoms with van der Waals surface area (Å²) in [5, 5.41) is 0. The van der Waals surface area contributed by atoms with E-state index in [1.807, 2.05) is 0 Å². The summed E-state index contributed by atoms with van der Waals surface area (Å²) in [6.07, 6.45) is -4.58. The van der Waals surface area contributed by atoms with Gasteiger partial charge in [0.1, 0.15) is 5.75 Å². The summed E-state index contributed by atoms with van der Waals surface area (Å²) in [5.41, 5.74) is -0.786. The molecule has 0 atom stereocenters. The molecule has 0 saturated heterocycles. The molecular weight excluding hydrogens is 357 g/mol. The Morgan fingerprint density at radius 1 is 1.04 bits per heavy atom. The number of hydrogen-bond donors (Lipinski definition) is 1. The van der Waals surface area contributed by atoms with Crippen molar-refractivity contribution in [2.45, 2.75) is 11.1 Å². The number of hydrogen-bond acceptors (Lipinski definition) is 4. The molecule has 0 fully saturated rings. The highest BCUT2D eigenvalue weighted by Gasteiger charge is 2.31. The van der Waals surface area contributed by atoms with E-state index in [1.165, 1.54) is 42.3 Å². The molecule has 0 bridgehead atoms. The Hall–Kier alpha value is -2.42. The molecule has 5 nitrogen and oxygen atoms in total. The second-order valence-electron chi connectivity index (χ2n) is 5.41. The maximum absolute atomic E-state index is 12.9. The maximum atomic E-state index is 12.9. The Morgan fingerprint density at radius 3 is 2.12 bits per heavy atom. The van der Waals surface area contributed by atoms with E-state index < -0.39 is 21.8 Å². The number of methoxy groups -OCH3 is 1. The van der Waals surface area contributed by atoms with Gasteiger partial charge in [-0.15, -0.1) is 0 Å². The van der Waals surface area contributed by atoms with E-state index in [9.17, 15) is 21.6 Å². The Balaban J connectivity index is 2.45. The van der Waals surface area contributed by atoms with E-state index in [-0.39, 0.29) is 10.6 Å². The Morgan fingerprint density at radius 2 is 1.64 bits per heavy atom. The number of halogens is 3. The Kier molecular flexibility index (Phi) is 5.17. The summed E-state index contributed by atoms with van der Waals surface area (Å²) >= 11 is 0. The van der Waals surface area contributed by atoms with Gasteiger partial charge in [-0.3, -0.25) is 4.72 Å². The van der Waals surface area contributed by atoms with Crippen LogP contribution < -0.4 is 14.4 Å². The number of rotatable bonds is 5. The molecule has 136 valence electrons. The van der Waals surface area contributed by atoms with Crippen molar-refractivity contribution in [1.82, 2.24) is 0 Å². The molecule has 0 aliphatic rings. The molecule has 0 radical (unpaired) electrons. The van der Waals surface area contributed by atoms with Crippen LogP contribution in [0.5, 0.6) is 5.75 Å². The molecule has 0 heterocycles. The van der Waals surface area contributed by atoms with Crippen LogP contribution >= 0.6 is 0 Å². The Labute approximate surface area is 144 Å². The van der Waals surface area contributed by atoms with Crippen molar-refractivity contribution >= 4 is 21.4 Å². The topological polar surface area (TPSA) is 58.6 Å². The Bertz CT molecular complexity index is 848. The predicted octanol–water partition coefficient (Wildman–Crippen LogP) is 3.58. The van der Waals surface area contributed by atoms with Crippen LogP contribution in [0.1, 0.15) is 5.56 Å². The van der Waals surface area contributed by atoms with Gasteiger partial charge < -0.3 is 9.64 Å². The lowest BCUT2D eigenvalue weighted by Crippen LogP contribution is -2.18. The normalized spacial score (nSPS) is 11.9. The molecule has 0 saturated carbocycles. The van der Waals surface area contributed by atoms with Crippen molar-refractivity contribution in [2.24, 2.45) is 0 Å². The molecule has 2 aromatic rings. The van der Waals surface area contributed by atoms with Gasteiger partial charge in [0.25, 0.3) is 10.0 Å². The van der Waals surface area contributed by atoms with E-state index >= 15 is 0 Å². The van der Waals surface area contributed by atoms with Gasteiger partial charge in [0.2, 0.25) is 0 Å². The average Bonchev–Trinajstić information content (AvgIpc) is 2.53. The number of alkyl halides is 3. The molecule has 0 unspecified atom stereocenters. The monoisotopic (exact) mass is 374 g/mol. The number of sulfonamides is 1. The van der Waals surface area contributed by atoms with E-state index in [2.05, 4.69) is 4.72 Å². The van der Waals surface area contributed by atoms with Gasteiger partial charge >= 0.3 is 6.18 Å². The lowest BCUT2D eigenvalue weighted by atomic mass is 10.1. The van der Waals surface area contributed by atoms with Gasteiger partial charge in [-0.1, -0.05) is 0 Å². The van der Waals surface area contributed by atoms with Crippen LogP contribution in [0.25, 0.3) is 0 Å². The van der Waals surface area contributed by atoms with E-state index in [4.69, 9.17) is 4.74 Å². The third-order valence-corrected chi connectivity index (χ3v) is 4.80. The number of nitrogens with zero attached hydrogens (tertiary/aromatic N) is 1. The van der Waals surface area contributed by atoms with Gasteiger partial charge in [-0.2, -0.15) is 13.2 Å². The smallest absolute Gasteiger partial charge is 0.416 e. The fourth-order valence-electron chi connectivity index (χ4n) is 2.14. The molecule has 1 N–H and O–H groups in total. The van der Waals surface area contributed by atoms with Crippen molar-refractivity contribution < 1.29 is 26.3 Å². The lowest BCUT2D eigenvalue weighted by molar-refractivity contribution is -0.137. The highest BCUT2D eigenvalue weighted by atomic mass is 32.2. The minimum absolute atomic E-state index is 0.0876. The fourth-order valence-corrected chi connectivity index (χ4v) is 3.21. The van der Waals surface area contributed by atoms with Crippen LogP contribution in [0, 0.1) is 0 Å². The minimum atomic E-state index is -4.58. The van der Waals surface area contributed by atoms with Crippen LogP contribution in [-0.4, -0.2) is 29.6 Å². The maximum Gasteiger partial charge on any atom is 0.416 e. The molecule has 0 amide bonds. The van der Waals surface area contributed by atoms with Gasteiger partial charge in [-0.05, 0) is 42.5 Å². The number of ether oxygens (including phenoxy) is 1. The molecule has 0 spiro atoms. The highest BCUT2D eigenvalue weighted by Crippen LogP contribution is 2.35. The predicted molar refractivity (Wildman–Crippen MR) is 89.6 cm³/mol. The lowest BCUT2D eigenvalue weighted by Gasteiger charge is -2.20. The first-order valence-electron chi connectivity index (χ1n) is 7.10. The summed E-state index contributed by atoms with van der Waals surface area (Å²) in [4.78, 5) is 1.43. The van der Waals surface area contributed by atoms with Crippen molar-refractivity contribution in [3.63, 3.8) is 0 Å². The van der Waals surface area contributed by atoms with Gasteiger partial charge in [0, 0.05) is 14.1 Å². The van der Waals surface area contributed by atoms with Gasteiger partial charge in [0.05, 0.1) is 28.9 Å². The molecule has 2 aromatic carbocycles. The second-order valence-corrected chi connectivity index (χ2v) is 7.09. The number of anilines is 2. The number of nitrogens with one attached hydrogen (secondary N) is 1. The molecule has 9 heteroatoms. The first-order valence-corrected chi connectivity index (χ1v) is 8.58. The van der Waals surface area contributed by atoms with Gasteiger partial charge in [0.15, 0.2) is 0 Å². The zero-order valence-corrected chi connectivity index (χ0v) is 14.6. The minimum Gasteiger partial charge on any atom is -0.497 e. The first-order chi connectivity index (χ1) is 11.5. The van der Waals surface area contributed by atoms with Crippen molar-refractivity contribution in [2.75, 3.05) is 30.8 Å². The molecule has 0 aliphatic heterocycles. The summed E-state index contributed by atoms with van der Waals surface area (Å²) in [6, 6.07) is 8.42. The highest BCUT2D eigenvalue weighted by molar-refractivity contribution is 7.92. The summed E-state index contributed by atoms with van der Waals surface area (Å²) in [5.74, 6) is 0.465. The summed E-state index contributed by atoms with van der Waals surface area (Å²) < 4.78 is 71.0. The zero-order valence-electron chi connectivity index (χ0n) is 13.8. The number of benzene rings is 2. The SMILES string of the molecule is COc1ccc(S(=O)(=O)Nc2cc(C(F)(F)F)ccc2N(C)C)cc1. The molecule has 0 aromatic heterocycles. The quantitative estimate of drug-likeness (QED) is 0.869. The third-order valence-electron chi connectivity index (χ3n) is 3.42. The first kappa shape index (κ1) is 18.9. The zero-order chi connectivity index (χ0) is 18.8. The average molecular weight is 374 g/mol. The van der Waals surface area contributed by atoms with Crippen LogP contribution in [0.2, 0.25) is 0 Å². The van der Waals surface area contributed by atoms with Crippen molar-refractivity contribution in [1.29, 1.82) is 0 Å². The standard InChI is InChI=1S/C16H17F3N2O3S/c1-21(2)15-9-4-11(16(17,18)19)10-14(15)20-25(22,23)13-7-5-12(24-3)6-8-13/h4-10,20H,1-3H3. The van der Waals surface area contributed by atoms with Crippen LogP contribution in [0.15, 0.2) is 47.4 Å². The summed E-state index contributed by atoms with van der Waals surface area (Å²) in [7, 11) is 0.592. The van der Waals surface area contributed by atoms with E-state index in [1.54, 1.807) is 14.1 Å². The molecular formula is C16H17F3N2O3S. The van der Waals surface area contributed by atoms with E-state index in [0.717, 1.165) is 12.1 Å². The van der Waals surface area contributed by atoms with Crippen LogP contribution in [-0.2, 0) is 16.2 Å². The third kappa shape index (κ3) is 4.36. The molecule has 25 heavy (non-hydrogen) atoms. The van der Waals surface area contributed by atoms with Crippen LogP contribution in [0.3, 0.4) is 0 Å². The van der Waals surface area contributed by atoms with Crippen molar-refractivity contribution in [3.8, 4) is 5.75 Å². The van der Waals surface area contributed by atoms with Crippen molar-refractivity contribution in [3.05, 3.63) is 48.0 Å². The fraction of sp³-hybridized carbons (Fsp3) is 0.250. The van der Waals surface area contributed by atoms with Crippen LogP contribution in [0.4, 0.5) is 24.5 Å². The largest absolute Gasteiger partial charge is 0.497 e. The van der Waals surface area contributed by atoms with E-state index in [0.29, 0.717) is 11.4 Å². The van der Waals surface area contributed by atoms with Gasteiger partial charge in [-0.25, -0.2) is 8.42 Å². The summed E-state index contributed by atoms with van der Waals surface area (Å²) in [6.45, 7) is 0. The molecule has 0 aliphatic carbocycles.